The number of allylic oxidation sites excluding steroid dienone is 5. The molecule has 0 radical (unpaired) electrons. The summed E-state index contributed by atoms with van der Waals surface area (Å²) in [7, 11) is 3.16. The van der Waals surface area contributed by atoms with Crippen molar-refractivity contribution in [3.8, 4) is 23.0 Å². The summed E-state index contributed by atoms with van der Waals surface area (Å²) in [5.74, 6) is 2.04. The molecule has 9 nitrogen and oxygen atoms in total. The molecule has 3 aromatic carbocycles. The summed E-state index contributed by atoms with van der Waals surface area (Å²) in [4.78, 5) is 34.0. The summed E-state index contributed by atoms with van der Waals surface area (Å²) in [6.07, 6.45) is 7.69. The third kappa shape index (κ3) is 6.21. The van der Waals surface area contributed by atoms with Gasteiger partial charge in [-0.25, -0.2) is 9.97 Å². The highest BCUT2D eigenvalue weighted by atomic mass is 16.5. The predicted molar refractivity (Wildman–Crippen MR) is 161 cm³/mol. The molecule has 0 atom stereocenters. The zero-order valence-corrected chi connectivity index (χ0v) is 23.3. The van der Waals surface area contributed by atoms with Crippen LogP contribution >= 0.6 is 0 Å². The number of carbonyl (C=O) groups is 2. The van der Waals surface area contributed by atoms with E-state index in [4.69, 9.17) is 18.9 Å². The number of para-hydroxylation sites is 1. The maximum absolute atomic E-state index is 12.9. The lowest BCUT2D eigenvalue weighted by atomic mass is 9.95. The van der Waals surface area contributed by atoms with E-state index in [9.17, 15) is 9.59 Å². The molecule has 0 unspecified atom stereocenters. The van der Waals surface area contributed by atoms with E-state index in [1.165, 1.54) is 24.6 Å². The molecule has 0 saturated carbocycles. The summed E-state index contributed by atoms with van der Waals surface area (Å²) >= 11 is 0. The number of ketones is 2. The molecule has 0 saturated heterocycles. The van der Waals surface area contributed by atoms with Gasteiger partial charge >= 0.3 is 0 Å². The molecule has 1 aromatic heterocycles. The van der Waals surface area contributed by atoms with Crippen LogP contribution in [0.25, 0.3) is 16.5 Å². The minimum Gasteiger partial charge on any atom is -0.493 e. The Kier molecular flexibility index (Phi) is 8.70. The highest BCUT2D eigenvalue weighted by Crippen LogP contribution is 2.38. The standard InChI is InChI=1S/C33H29N3O6/c1-4-7-21-8-5-6-9-29(21)42-30-13-10-22(16-25(30)24-17-23(37)11-12-28(24)38)36-33-26-18-31(40-3)32(41-15-14-39-2)19-27(26)34-20-35-33/h4-6,8-13,16-20H,1,7,14-15H2,2-3H3,(H,34,35,36). The van der Waals surface area contributed by atoms with Crippen LogP contribution in [0.3, 0.4) is 0 Å². The number of fused-ring (bicyclic) bond motifs is 1. The van der Waals surface area contributed by atoms with Crippen LogP contribution in [-0.2, 0) is 20.7 Å². The molecule has 1 N–H and O–H groups in total. The summed E-state index contributed by atoms with van der Waals surface area (Å²) in [5.41, 5.74) is 2.88. The monoisotopic (exact) mass is 563 g/mol. The number of nitrogens with zero attached hydrogens (tertiary/aromatic N) is 2. The topological polar surface area (TPSA) is 109 Å². The first-order chi connectivity index (χ1) is 20.5. The van der Waals surface area contributed by atoms with Crippen LogP contribution in [0.2, 0.25) is 0 Å². The van der Waals surface area contributed by atoms with E-state index in [1.54, 1.807) is 44.6 Å². The lowest BCUT2D eigenvalue weighted by Crippen LogP contribution is -2.08. The lowest BCUT2D eigenvalue weighted by Gasteiger charge is -2.18. The zero-order chi connectivity index (χ0) is 29.5. The molecule has 0 aliphatic heterocycles. The number of hydrogen-bond acceptors (Lipinski definition) is 9. The van der Waals surface area contributed by atoms with Crippen LogP contribution in [0.15, 0.2) is 91.8 Å². The van der Waals surface area contributed by atoms with Crippen LogP contribution in [0, 0.1) is 0 Å². The maximum Gasteiger partial charge on any atom is 0.186 e. The lowest BCUT2D eigenvalue weighted by molar-refractivity contribution is -0.113. The molecule has 0 bridgehead atoms. The second kappa shape index (κ2) is 12.9. The van der Waals surface area contributed by atoms with Gasteiger partial charge in [-0.2, -0.15) is 0 Å². The Balaban J connectivity index is 1.54. The van der Waals surface area contributed by atoms with Crippen LogP contribution in [-0.4, -0.2) is 49.0 Å². The van der Waals surface area contributed by atoms with E-state index in [0.29, 0.717) is 70.6 Å². The van der Waals surface area contributed by atoms with Gasteiger partial charge in [0.15, 0.2) is 23.1 Å². The third-order valence-electron chi connectivity index (χ3n) is 6.51. The van der Waals surface area contributed by atoms with Gasteiger partial charge in [0.25, 0.3) is 0 Å². The van der Waals surface area contributed by atoms with Crippen molar-refractivity contribution >= 4 is 39.5 Å². The van der Waals surface area contributed by atoms with Crippen molar-refractivity contribution in [2.45, 2.75) is 6.42 Å². The fourth-order valence-corrected chi connectivity index (χ4v) is 4.48. The molecule has 0 spiro atoms. The number of nitrogens with one attached hydrogen (secondary N) is 1. The minimum absolute atomic E-state index is 0.231. The van der Waals surface area contributed by atoms with Crippen molar-refractivity contribution in [2.24, 2.45) is 0 Å². The van der Waals surface area contributed by atoms with Gasteiger partial charge in [-0.15, -0.1) is 6.58 Å². The molecule has 4 aromatic rings. The van der Waals surface area contributed by atoms with E-state index in [2.05, 4.69) is 21.9 Å². The van der Waals surface area contributed by atoms with E-state index in [0.717, 1.165) is 5.56 Å². The Bertz CT molecular complexity index is 1730. The molecular formula is C33H29N3O6. The Morgan fingerprint density at radius 3 is 2.57 bits per heavy atom. The molecule has 1 aliphatic carbocycles. The van der Waals surface area contributed by atoms with Crippen LogP contribution < -0.4 is 19.5 Å². The molecule has 212 valence electrons. The molecule has 9 heteroatoms. The minimum atomic E-state index is -0.297. The smallest absolute Gasteiger partial charge is 0.186 e. The third-order valence-corrected chi connectivity index (χ3v) is 6.51. The Morgan fingerprint density at radius 2 is 1.76 bits per heavy atom. The maximum atomic E-state index is 12.9. The summed E-state index contributed by atoms with van der Waals surface area (Å²) in [6, 6.07) is 16.5. The van der Waals surface area contributed by atoms with Crippen LogP contribution in [0.1, 0.15) is 11.1 Å². The average Bonchev–Trinajstić information content (AvgIpc) is 3.00. The fraction of sp³-hybridized carbons (Fsp3) is 0.152. The second-order valence-corrected chi connectivity index (χ2v) is 9.28. The van der Waals surface area contributed by atoms with E-state index in [-0.39, 0.29) is 17.1 Å². The fourth-order valence-electron chi connectivity index (χ4n) is 4.48. The van der Waals surface area contributed by atoms with Crippen molar-refractivity contribution in [1.29, 1.82) is 0 Å². The number of carbonyl (C=O) groups excluding carboxylic acids is 2. The van der Waals surface area contributed by atoms with Gasteiger partial charge in [0, 0.05) is 35.4 Å². The number of methoxy groups -OCH3 is 2. The molecular weight excluding hydrogens is 534 g/mol. The van der Waals surface area contributed by atoms with Gasteiger partial charge in [-0.1, -0.05) is 24.3 Å². The highest BCUT2D eigenvalue weighted by molar-refractivity contribution is 6.34. The molecule has 1 heterocycles. The second-order valence-electron chi connectivity index (χ2n) is 9.28. The van der Waals surface area contributed by atoms with Crippen molar-refractivity contribution in [1.82, 2.24) is 9.97 Å². The number of rotatable bonds is 12. The van der Waals surface area contributed by atoms with Gasteiger partial charge in [0.05, 0.1) is 19.2 Å². The Labute approximate surface area is 243 Å². The van der Waals surface area contributed by atoms with Gasteiger partial charge in [-0.3, -0.25) is 9.59 Å². The van der Waals surface area contributed by atoms with Gasteiger partial charge in [0.1, 0.15) is 30.3 Å². The first-order valence-corrected chi connectivity index (χ1v) is 13.2. The first-order valence-electron chi connectivity index (χ1n) is 13.2. The summed E-state index contributed by atoms with van der Waals surface area (Å²) in [5, 5.41) is 4.01. The molecule has 42 heavy (non-hydrogen) atoms. The Hall–Kier alpha value is -5.28. The van der Waals surface area contributed by atoms with E-state index >= 15 is 0 Å². The predicted octanol–water partition coefficient (Wildman–Crippen LogP) is 6.02. The van der Waals surface area contributed by atoms with Crippen molar-refractivity contribution in [3.05, 3.63) is 103 Å². The van der Waals surface area contributed by atoms with Crippen molar-refractivity contribution in [3.63, 3.8) is 0 Å². The Morgan fingerprint density at radius 1 is 0.905 bits per heavy atom. The van der Waals surface area contributed by atoms with Gasteiger partial charge in [-0.05, 0) is 60.5 Å². The highest BCUT2D eigenvalue weighted by Gasteiger charge is 2.21. The van der Waals surface area contributed by atoms with Gasteiger partial charge < -0.3 is 24.3 Å². The molecule has 1 aliphatic rings. The molecule has 0 amide bonds. The summed E-state index contributed by atoms with van der Waals surface area (Å²) < 4.78 is 22.7. The average molecular weight is 564 g/mol. The zero-order valence-electron chi connectivity index (χ0n) is 23.3. The van der Waals surface area contributed by atoms with Crippen LogP contribution in [0.4, 0.5) is 11.5 Å². The largest absolute Gasteiger partial charge is 0.493 e. The van der Waals surface area contributed by atoms with Gasteiger partial charge in [0.2, 0.25) is 0 Å². The first kappa shape index (κ1) is 28.3. The number of hydrogen-bond donors (Lipinski definition) is 1. The van der Waals surface area contributed by atoms with Crippen molar-refractivity contribution < 1.29 is 28.5 Å². The number of benzene rings is 3. The number of anilines is 2. The molecule has 5 rings (SSSR count). The quantitative estimate of drug-likeness (QED) is 0.126. The van der Waals surface area contributed by atoms with Crippen LogP contribution in [0.5, 0.6) is 23.0 Å². The van der Waals surface area contributed by atoms with E-state index < -0.39 is 0 Å². The SMILES string of the molecule is C=CCc1ccccc1Oc1ccc(Nc2ncnc3cc(OCCOC)c(OC)cc23)cc1C1=CC(=O)C=CC1=O. The number of ether oxygens (including phenoxy) is 4. The van der Waals surface area contributed by atoms with Crippen molar-refractivity contribution in [2.75, 3.05) is 32.8 Å². The normalized spacial score (nSPS) is 12.7. The van der Waals surface area contributed by atoms with E-state index in [1.807, 2.05) is 30.3 Å². The molecule has 0 fully saturated rings. The summed E-state index contributed by atoms with van der Waals surface area (Å²) in [6.45, 7) is 4.61. The number of aromatic nitrogens is 2.